The number of anilines is 1. The highest BCUT2D eigenvalue weighted by Crippen LogP contribution is 2.36. The van der Waals surface area contributed by atoms with E-state index in [1.807, 2.05) is 0 Å². The Balaban J connectivity index is 2.16. The van der Waals surface area contributed by atoms with Crippen LogP contribution in [0, 0.1) is 0 Å². The van der Waals surface area contributed by atoms with Crippen LogP contribution in [0.2, 0.25) is 5.15 Å². The topological polar surface area (TPSA) is 37.8 Å². The predicted molar refractivity (Wildman–Crippen MR) is 62.2 cm³/mol. The van der Waals surface area contributed by atoms with Crippen molar-refractivity contribution in [3.05, 3.63) is 17.5 Å². The van der Waals surface area contributed by atoms with Crippen LogP contribution in [-0.2, 0) is 0 Å². The van der Waals surface area contributed by atoms with Crippen LogP contribution < -0.4 is 5.32 Å². The van der Waals surface area contributed by atoms with Gasteiger partial charge in [-0.2, -0.15) is 0 Å². The van der Waals surface area contributed by atoms with Gasteiger partial charge >= 0.3 is 0 Å². The lowest BCUT2D eigenvalue weighted by Crippen LogP contribution is -2.34. The monoisotopic (exact) mass is 225 g/mol. The third-order valence-corrected chi connectivity index (χ3v) is 3.55. The molecule has 1 aromatic rings. The molecule has 15 heavy (non-hydrogen) atoms. The number of nitrogens with zero attached hydrogens (tertiary/aromatic N) is 2. The van der Waals surface area contributed by atoms with Crippen LogP contribution in [0.4, 0.5) is 5.82 Å². The summed E-state index contributed by atoms with van der Waals surface area (Å²) in [6, 6.07) is 0. The van der Waals surface area contributed by atoms with Crippen molar-refractivity contribution in [1.29, 1.82) is 0 Å². The fraction of sp³-hybridized carbons (Fsp3) is 0.636. The average Bonchev–Trinajstić information content (AvgIpc) is 2.71. The summed E-state index contributed by atoms with van der Waals surface area (Å²) >= 11 is 5.99. The number of nitrogens with one attached hydrogen (secondary N) is 1. The first kappa shape index (κ1) is 10.7. The molecule has 0 radical (unpaired) electrons. The SMILES string of the molecule is CCC1(Nc2nccnc2Cl)CCCC1. The van der Waals surface area contributed by atoms with Crippen molar-refractivity contribution < 1.29 is 0 Å². The highest BCUT2D eigenvalue weighted by Gasteiger charge is 2.32. The zero-order chi connectivity index (χ0) is 10.7. The summed E-state index contributed by atoms with van der Waals surface area (Å²) in [6.07, 6.45) is 9.39. The van der Waals surface area contributed by atoms with Gasteiger partial charge in [-0.1, -0.05) is 31.4 Å². The quantitative estimate of drug-likeness (QED) is 0.858. The molecule has 1 aliphatic carbocycles. The molecule has 2 rings (SSSR count). The first-order chi connectivity index (χ1) is 7.26. The van der Waals surface area contributed by atoms with Crippen molar-refractivity contribution >= 4 is 17.4 Å². The van der Waals surface area contributed by atoms with Crippen molar-refractivity contribution in [2.45, 2.75) is 44.6 Å². The van der Waals surface area contributed by atoms with Crippen LogP contribution >= 0.6 is 11.6 Å². The van der Waals surface area contributed by atoms with E-state index in [4.69, 9.17) is 11.6 Å². The smallest absolute Gasteiger partial charge is 0.171 e. The van der Waals surface area contributed by atoms with Gasteiger partial charge in [0.05, 0.1) is 0 Å². The average molecular weight is 226 g/mol. The van der Waals surface area contributed by atoms with E-state index < -0.39 is 0 Å². The molecule has 82 valence electrons. The molecule has 0 atom stereocenters. The fourth-order valence-electron chi connectivity index (χ4n) is 2.27. The van der Waals surface area contributed by atoms with Gasteiger partial charge in [0.15, 0.2) is 11.0 Å². The minimum absolute atomic E-state index is 0.194. The first-order valence-electron chi connectivity index (χ1n) is 5.50. The lowest BCUT2D eigenvalue weighted by Gasteiger charge is -2.29. The van der Waals surface area contributed by atoms with Gasteiger partial charge in [0.2, 0.25) is 0 Å². The maximum atomic E-state index is 5.99. The molecule has 1 heterocycles. The van der Waals surface area contributed by atoms with Crippen LogP contribution in [-0.4, -0.2) is 15.5 Å². The van der Waals surface area contributed by atoms with E-state index in [1.165, 1.54) is 25.7 Å². The first-order valence-corrected chi connectivity index (χ1v) is 5.88. The number of halogens is 1. The molecule has 0 bridgehead atoms. The van der Waals surface area contributed by atoms with Gasteiger partial charge in [-0.3, -0.25) is 0 Å². The normalized spacial score (nSPS) is 19.1. The lowest BCUT2D eigenvalue weighted by molar-refractivity contribution is 0.463. The Hall–Kier alpha value is -0.830. The molecule has 0 saturated heterocycles. The van der Waals surface area contributed by atoms with Crippen LogP contribution in [0.5, 0.6) is 0 Å². The summed E-state index contributed by atoms with van der Waals surface area (Å²) in [5.41, 5.74) is 0.194. The van der Waals surface area contributed by atoms with Crippen molar-refractivity contribution in [3.8, 4) is 0 Å². The second-order valence-electron chi connectivity index (χ2n) is 4.16. The van der Waals surface area contributed by atoms with E-state index in [2.05, 4.69) is 22.2 Å². The molecular weight excluding hydrogens is 210 g/mol. The van der Waals surface area contributed by atoms with E-state index in [9.17, 15) is 0 Å². The summed E-state index contributed by atoms with van der Waals surface area (Å²) in [5.74, 6) is 0.725. The highest BCUT2D eigenvalue weighted by atomic mass is 35.5. The Morgan fingerprint density at radius 3 is 2.60 bits per heavy atom. The Bertz CT molecular complexity index is 334. The fourth-order valence-corrected chi connectivity index (χ4v) is 2.43. The van der Waals surface area contributed by atoms with Gasteiger partial charge in [0.1, 0.15) is 0 Å². The highest BCUT2D eigenvalue weighted by molar-refractivity contribution is 6.31. The maximum absolute atomic E-state index is 5.99. The van der Waals surface area contributed by atoms with Crippen LogP contribution in [0.25, 0.3) is 0 Å². The molecule has 4 heteroatoms. The molecule has 3 nitrogen and oxygen atoms in total. The Morgan fingerprint density at radius 1 is 1.33 bits per heavy atom. The molecule has 1 saturated carbocycles. The number of hydrogen-bond donors (Lipinski definition) is 1. The van der Waals surface area contributed by atoms with Gasteiger partial charge in [-0.15, -0.1) is 0 Å². The van der Waals surface area contributed by atoms with Crippen molar-refractivity contribution in [2.75, 3.05) is 5.32 Å². The van der Waals surface area contributed by atoms with E-state index in [1.54, 1.807) is 12.4 Å². The minimum Gasteiger partial charge on any atom is -0.362 e. The Morgan fingerprint density at radius 2 is 2.00 bits per heavy atom. The third-order valence-electron chi connectivity index (χ3n) is 3.27. The zero-order valence-electron chi connectivity index (χ0n) is 8.96. The molecule has 0 aliphatic heterocycles. The summed E-state index contributed by atoms with van der Waals surface area (Å²) in [7, 11) is 0. The van der Waals surface area contributed by atoms with E-state index in [0.717, 1.165) is 12.2 Å². The van der Waals surface area contributed by atoms with Gasteiger partial charge < -0.3 is 5.32 Å². The number of hydrogen-bond acceptors (Lipinski definition) is 3. The number of aromatic nitrogens is 2. The third kappa shape index (κ3) is 2.23. The lowest BCUT2D eigenvalue weighted by atomic mass is 9.94. The van der Waals surface area contributed by atoms with Crippen molar-refractivity contribution in [3.63, 3.8) is 0 Å². The van der Waals surface area contributed by atoms with E-state index in [-0.39, 0.29) is 5.54 Å². The van der Waals surface area contributed by atoms with Crippen molar-refractivity contribution in [2.24, 2.45) is 0 Å². The predicted octanol–water partition coefficient (Wildman–Crippen LogP) is 3.26. The molecular formula is C11H16ClN3. The molecule has 1 fully saturated rings. The van der Waals surface area contributed by atoms with Gasteiger partial charge in [0.25, 0.3) is 0 Å². The largest absolute Gasteiger partial charge is 0.362 e. The van der Waals surface area contributed by atoms with Crippen LogP contribution in [0.3, 0.4) is 0 Å². The maximum Gasteiger partial charge on any atom is 0.171 e. The molecule has 1 aliphatic rings. The summed E-state index contributed by atoms with van der Waals surface area (Å²) in [6.45, 7) is 2.21. The molecule has 1 aromatic heterocycles. The van der Waals surface area contributed by atoms with E-state index in [0.29, 0.717) is 5.15 Å². The number of rotatable bonds is 3. The summed E-state index contributed by atoms with van der Waals surface area (Å²) in [5, 5.41) is 3.94. The second-order valence-corrected chi connectivity index (χ2v) is 4.52. The molecule has 0 amide bonds. The summed E-state index contributed by atoms with van der Waals surface area (Å²) < 4.78 is 0. The van der Waals surface area contributed by atoms with Gasteiger partial charge in [-0.25, -0.2) is 9.97 Å². The Labute approximate surface area is 95.3 Å². The molecule has 0 aromatic carbocycles. The minimum atomic E-state index is 0.194. The standard InChI is InChI=1S/C11H16ClN3/c1-2-11(5-3-4-6-11)15-10-9(12)13-7-8-14-10/h7-8H,2-6H2,1H3,(H,14,15). The van der Waals surface area contributed by atoms with Gasteiger partial charge in [-0.05, 0) is 19.3 Å². The zero-order valence-corrected chi connectivity index (χ0v) is 9.72. The molecule has 0 spiro atoms. The molecule has 1 N–H and O–H groups in total. The van der Waals surface area contributed by atoms with E-state index >= 15 is 0 Å². The molecule has 0 unspecified atom stereocenters. The second kappa shape index (κ2) is 4.35. The Kier molecular flexibility index (Phi) is 3.10. The summed E-state index contributed by atoms with van der Waals surface area (Å²) in [4.78, 5) is 8.26. The van der Waals surface area contributed by atoms with Crippen LogP contribution in [0.1, 0.15) is 39.0 Å². The van der Waals surface area contributed by atoms with Crippen LogP contribution in [0.15, 0.2) is 12.4 Å². The van der Waals surface area contributed by atoms with Crippen molar-refractivity contribution in [1.82, 2.24) is 9.97 Å². The van der Waals surface area contributed by atoms with Gasteiger partial charge in [0, 0.05) is 17.9 Å².